The van der Waals surface area contributed by atoms with Crippen LogP contribution in [0.1, 0.15) is 51.2 Å². The second kappa shape index (κ2) is 5.11. The molecule has 0 bridgehead atoms. The predicted molar refractivity (Wildman–Crippen MR) is 69.1 cm³/mol. The molecule has 7 heteroatoms. The Bertz CT molecular complexity index is 519. The van der Waals surface area contributed by atoms with Crippen LogP contribution in [0.4, 0.5) is 0 Å². The van der Waals surface area contributed by atoms with Crippen molar-refractivity contribution in [2.24, 2.45) is 11.7 Å². The highest BCUT2D eigenvalue weighted by atomic mass is 32.1. The van der Waals surface area contributed by atoms with E-state index in [1.165, 1.54) is 11.5 Å². The van der Waals surface area contributed by atoms with E-state index in [-0.39, 0.29) is 17.9 Å². The standard InChI is InChI=1S/C11H17N5OS/c1-5(2)7(12)10-13-11(17-15-10)9-8(6(3)4)14-16-18-9/h5-7H,12H2,1-4H3. The molecule has 0 amide bonds. The Morgan fingerprint density at radius 1 is 1.22 bits per heavy atom. The molecule has 2 aromatic rings. The zero-order chi connectivity index (χ0) is 13.3. The summed E-state index contributed by atoms with van der Waals surface area (Å²) >= 11 is 1.27. The van der Waals surface area contributed by atoms with Gasteiger partial charge in [-0.3, -0.25) is 0 Å². The molecule has 2 aromatic heterocycles. The molecule has 0 saturated heterocycles. The maximum absolute atomic E-state index is 5.99. The third-order valence-electron chi connectivity index (χ3n) is 2.71. The first kappa shape index (κ1) is 13.1. The molecule has 18 heavy (non-hydrogen) atoms. The van der Waals surface area contributed by atoms with Crippen LogP contribution >= 0.6 is 11.5 Å². The van der Waals surface area contributed by atoms with Gasteiger partial charge in [-0.2, -0.15) is 4.98 Å². The maximum Gasteiger partial charge on any atom is 0.271 e. The molecule has 0 radical (unpaired) electrons. The van der Waals surface area contributed by atoms with Gasteiger partial charge in [0, 0.05) is 0 Å². The SMILES string of the molecule is CC(C)c1nnsc1-c1nc(C(N)C(C)C)no1. The van der Waals surface area contributed by atoms with Crippen LogP contribution in [0.5, 0.6) is 0 Å². The van der Waals surface area contributed by atoms with E-state index in [1.807, 2.05) is 13.8 Å². The van der Waals surface area contributed by atoms with E-state index in [4.69, 9.17) is 10.3 Å². The Morgan fingerprint density at radius 2 is 1.94 bits per heavy atom. The van der Waals surface area contributed by atoms with Crippen molar-refractivity contribution in [1.82, 2.24) is 19.7 Å². The Balaban J connectivity index is 2.32. The van der Waals surface area contributed by atoms with E-state index in [2.05, 4.69) is 33.6 Å². The molecular weight excluding hydrogens is 250 g/mol. The fraction of sp³-hybridized carbons (Fsp3) is 0.636. The van der Waals surface area contributed by atoms with E-state index in [9.17, 15) is 0 Å². The molecule has 0 aromatic carbocycles. The van der Waals surface area contributed by atoms with Gasteiger partial charge in [-0.05, 0) is 23.4 Å². The number of hydrogen-bond donors (Lipinski definition) is 1. The number of rotatable bonds is 4. The van der Waals surface area contributed by atoms with Crippen LogP contribution in [-0.2, 0) is 0 Å². The van der Waals surface area contributed by atoms with Crippen molar-refractivity contribution in [3.63, 3.8) is 0 Å². The average molecular weight is 267 g/mol. The van der Waals surface area contributed by atoms with Crippen LogP contribution in [0.25, 0.3) is 10.8 Å². The zero-order valence-electron chi connectivity index (χ0n) is 10.9. The Hall–Kier alpha value is -1.34. The minimum atomic E-state index is -0.217. The third kappa shape index (κ3) is 2.41. The minimum absolute atomic E-state index is 0.217. The molecule has 98 valence electrons. The number of hydrogen-bond acceptors (Lipinski definition) is 7. The van der Waals surface area contributed by atoms with Crippen LogP contribution in [0.15, 0.2) is 4.52 Å². The Labute approximate surface area is 110 Å². The summed E-state index contributed by atoms with van der Waals surface area (Å²) in [5.41, 5.74) is 6.87. The Kier molecular flexibility index (Phi) is 3.72. The highest BCUT2D eigenvalue weighted by molar-refractivity contribution is 7.09. The maximum atomic E-state index is 5.99. The van der Waals surface area contributed by atoms with Crippen molar-refractivity contribution in [3.8, 4) is 10.8 Å². The van der Waals surface area contributed by atoms with Gasteiger partial charge in [-0.15, -0.1) is 5.10 Å². The fourth-order valence-corrected chi connectivity index (χ4v) is 2.23. The molecule has 0 spiro atoms. The van der Waals surface area contributed by atoms with Gasteiger partial charge in [-0.25, -0.2) is 0 Å². The van der Waals surface area contributed by atoms with Crippen LogP contribution in [0.2, 0.25) is 0 Å². The summed E-state index contributed by atoms with van der Waals surface area (Å²) in [7, 11) is 0. The quantitative estimate of drug-likeness (QED) is 0.914. The smallest absolute Gasteiger partial charge is 0.271 e. The Morgan fingerprint density at radius 3 is 2.56 bits per heavy atom. The average Bonchev–Trinajstić information content (AvgIpc) is 2.95. The minimum Gasteiger partial charge on any atom is -0.333 e. The molecule has 2 N–H and O–H groups in total. The molecule has 0 aliphatic heterocycles. The van der Waals surface area contributed by atoms with Crippen molar-refractivity contribution >= 4 is 11.5 Å². The summed E-state index contributed by atoms with van der Waals surface area (Å²) in [4.78, 5) is 5.18. The van der Waals surface area contributed by atoms with Crippen LogP contribution in [0, 0.1) is 5.92 Å². The summed E-state index contributed by atoms with van der Waals surface area (Å²) in [5, 5.41) is 8.02. The fourth-order valence-electron chi connectivity index (χ4n) is 1.48. The molecular formula is C11H17N5OS. The van der Waals surface area contributed by atoms with Gasteiger partial charge in [0.2, 0.25) is 0 Å². The van der Waals surface area contributed by atoms with Crippen molar-refractivity contribution in [2.75, 3.05) is 0 Å². The van der Waals surface area contributed by atoms with Crippen LogP contribution < -0.4 is 5.73 Å². The lowest BCUT2D eigenvalue weighted by molar-refractivity contribution is 0.400. The molecule has 0 saturated carbocycles. The second-order valence-electron chi connectivity index (χ2n) is 4.87. The lowest BCUT2D eigenvalue weighted by atomic mass is 10.1. The van der Waals surface area contributed by atoms with Gasteiger partial charge in [-0.1, -0.05) is 37.3 Å². The summed E-state index contributed by atoms with van der Waals surface area (Å²) in [5.74, 6) is 1.52. The highest BCUT2D eigenvalue weighted by Crippen LogP contribution is 2.30. The van der Waals surface area contributed by atoms with E-state index >= 15 is 0 Å². The first-order chi connectivity index (χ1) is 8.50. The van der Waals surface area contributed by atoms with Crippen LogP contribution in [0.3, 0.4) is 0 Å². The van der Waals surface area contributed by atoms with Gasteiger partial charge in [0.05, 0.1) is 11.7 Å². The van der Waals surface area contributed by atoms with E-state index in [0.29, 0.717) is 11.7 Å². The largest absolute Gasteiger partial charge is 0.333 e. The lowest BCUT2D eigenvalue weighted by Crippen LogP contribution is -2.18. The van der Waals surface area contributed by atoms with Gasteiger partial charge < -0.3 is 10.3 Å². The van der Waals surface area contributed by atoms with Crippen molar-refractivity contribution in [1.29, 1.82) is 0 Å². The predicted octanol–water partition coefficient (Wildman–Crippen LogP) is 2.37. The summed E-state index contributed by atoms with van der Waals surface area (Å²) < 4.78 is 9.20. The third-order valence-corrected chi connectivity index (χ3v) is 3.44. The molecule has 1 unspecified atom stereocenters. The van der Waals surface area contributed by atoms with E-state index < -0.39 is 0 Å². The number of nitrogens with two attached hydrogens (primary N) is 1. The summed E-state index contributed by atoms with van der Waals surface area (Å²) in [6.45, 7) is 8.15. The van der Waals surface area contributed by atoms with Crippen LogP contribution in [-0.4, -0.2) is 19.7 Å². The number of nitrogens with zero attached hydrogens (tertiary/aromatic N) is 4. The second-order valence-corrected chi connectivity index (χ2v) is 5.62. The number of aromatic nitrogens is 4. The van der Waals surface area contributed by atoms with Gasteiger partial charge in [0.1, 0.15) is 4.88 Å². The lowest BCUT2D eigenvalue weighted by Gasteiger charge is -2.09. The highest BCUT2D eigenvalue weighted by Gasteiger charge is 2.22. The normalized spacial score (nSPS) is 13.5. The van der Waals surface area contributed by atoms with Crippen molar-refractivity contribution in [2.45, 2.75) is 39.7 Å². The molecule has 0 aliphatic rings. The van der Waals surface area contributed by atoms with Crippen molar-refractivity contribution in [3.05, 3.63) is 11.5 Å². The van der Waals surface area contributed by atoms with E-state index in [1.54, 1.807) is 0 Å². The molecule has 6 nitrogen and oxygen atoms in total. The molecule has 2 rings (SSSR count). The van der Waals surface area contributed by atoms with Crippen molar-refractivity contribution < 1.29 is 4.52 Å². The molecule has 0 aliphatic carbocycles. The molecule has 0 fully saturated rings. The molecule has 1 atom stereocenters. The monoisotopic (exact) mass is 267 g/mol. The first-order valence-corrected chi connectivity index (χ1v) is 6.69. The van der Waals surface area contributed by atoms with Gasteiger partial charge in [0.15, 0.2) is 5.82 Å². The summed E-state index contributed by atoms with van der Waals surface area (Å²) in [6.07, 6.45) is 0. The zero-order valence-corrected chi connectivity index (χ0v) is 11.7. The van der Waals surface area contributed by atoms with Gasteiger partial charge in [0.25, 0.3) is 5.89 Å². The first-order valence-electron chi connectivity index (χ1n) is 5.92. The molecule has 2 heterocycles. The topological polar surface area (TPSA) is 90.7 Å². The van der Waals surface area contributed by atoms with Gasteiger partial charge >= 0.3 is 0 Å². The van der Waals surface area contributed by atoms with E-state index in [0.717, 1.165) is 10.6 Å². The summed E-state index contributed by atoms with van der Waals surface area (Å²) in [6, 6.07) is -0.217.